The molecule has 0 saturated carbocycles. The third kappa shape index (κ3) is 5.20. The van der Waals surface area contributed by atoms with Crippen molar-refractivity contribution in [1.82, 2.24) is 9.97 Å². The summed E-state index contributed by atoms with van der Waals surface area (Å²) < 4.78 is 37.4. The predicted molar refractivity (Wildman–Crippen MR) is 66.1 cm³/mol. The maximum atomic E-state index is 12.5. The second kappa shape index (κ2) is 5.92. The topological polar surface area (TPSA) is 58.0 Å². The molecule has 108 valence electrons. The van der Waals surface area contributed by atoms with Gasteiger partial charge in [-0.3, -0.25) is 0 Å². The van der Waals surface area contributed by atoms with E-state index in [0.29, 0.717) is 6.42 Å². The van der Waals surface area contributed by atoms with E-state index in [0.717, 1.165) is 6.42 Å². The van der Waals surface area contributed by atoms with Gasteiger partial charge in [0.15, 0.2) is 0 Å². The second-order valence-electron chi connectivity index (χ2n) is 4.50. The molecule has 1 rings (SSSR count). The zero-order valence-electron chi connectivity index (χ0n) is 10.6. The summed E-state index contributed by atoms with van der Waals surface area (Å²) in [7, 11) is 0. The largest absolute Gasteiger partial charge is 0.451 e. The molecule has 4 nitrogen and oxygen atoms in total. The maximum Gasteiger partial charge on any atom is 0.451 e. The lowest BCUT2D eigenvalue weighted by atomic mass is 10.0. The normalized spacial score (nSPS) is 15.1. The number of nitrogens with zero attached hydrogens (tertiary/aromatic N) is 2. The molecule has 1 aromatic rings. The molecule has 1 aromatic heterocycles. The highest BCUT2D eigenvalue weighted by Crippen LogP contribution is 2.28. The van der Waals surface area contributed by atoms with Crippen LogP contribution < -0.4 is 5.32 Å². The van der Waals surface area contributed by atoms with Gasteiger partial charge >= 0.3 is 6.18 Å². The van der Waals surface area contributed by atoms with Crippen LogP contribution in [0.2, 0.25) is 5.15 Å². The zero-order valence-corrected chi connectivity index (χ0v) is 11.3. The van der Waals surface area contributed by atoms with Crippen molar-refractivity contribution >= 4 is 17.4 Å². The van der Waals surface area contributed by atoms with Crippen LogP contribution in [-0.2, 0) is 6.18 Å². The number of aromatic nitrogens is 2. The second-order valence-corrected chi connectivity index (χ2v) is 4.89. The van der Waals surface area contributed by atoms with Gasteiger partial charge in [0.05, 0.1) is 5.60 Å². The Bertz CT molecular complexity index is 438. The average Bonchev–Trinajstić information content (AvgIpc) is 2.24. The van der Waals surface area contributed by atoms with Crippen LogP contribution in [-0.4, -0.2) is 27.2 Å². The highest BCUT2D eigenvalue weighted by molar-refractivity contribution is 6.29. The van der Waals surface area contributed by atoms with E-state index in [1.807, 2.05) is 6.92 Å². The monoisotopic (exact) mass is 297 g/mol. The van der Waals surface area contributed by atoms with Crippen molar-refractivity contribution in [3.63, 3.8) is 0 Å². The Kier molecular flexibility index (Phi) is 4.98. The molecule has 1 heterocycles. The van der Waals surface area contributed by atoms with Gasteiger partial charge in [0.25, 0.3) is 0 Å². The van der Waals surface area contributed by atoms with Crippen LogP contribution in [0.15, 0.2) is 6.07 Å². The van der Waals surface area contributed by atoms with E-state index in [1.54, 1.807) is 6.92 Å². The number of halogens is 4. The summed E-state index contributed by atoms with van der Waals surface area (Å²) in [6, 6.07) is 1.18. The van der Waals surface area contributed by atoms with E-state index in [4.69, 9.17) is 11.6 Å². The van der Waals surface area contributed by atoms with Gasteiger partial charge in [0, 0.05) is 12.6 Å². The van der Waals surface area contributed by atoms with Crippen LogP contribution in [0.3, 0.4) is 0 Å². The van der Waals surface area contributed by atoms with Gasteiger partial charge in [0.1, 0.15) is 11.0 Å². The van der Waals surface area contributed by atoms with Gasteiger partial charge < -0.3 is 10.4 Å². The molecule has 0 aliphatic heterocycles. The number of hydrogen-bond donors (Lipinski definition) is 2. The quantitative estimate of drug-likeness (QED) is 0.820. The molecule has 1 unspecified atom stereocenters. The van der Waals surface area contributed by atoms with Gasteiger partial charge in [-0.05, 0) is 13.3 Å². The van der Waals surface area contributed by atoms with Crippen molar-refractivity contribution in [2.75, 3.05) is 11.9 Å². The highest BCUT2D eigenvalue weighted by Gasteiger charge is 2.35. The number of alkyl halides is 3. The number of nitrogens with one attached hydrogen (secondary N) is 1. The molecule has 0 fully saturated rings. The van der Waals surface area contributed by atoms with Gasteiger partial charge in [-0.15, -0.1) is 0 Å². The minimum absolute atomic E-state index is 0.0660. The molecule has 0 aliphatic carbocycles. The summed E-state index contributed by atoms with van der Waals surface area (Å²) in [6.45, 7) is 3.57. The Hall–Kier alpha value is -1.08. The fourth-order valence-corrected chi connectivity index (χ4v) is 1.73. The van der Waals surface area contributed by atoms with E-state index < -0.39 is 17.6 Å². The molecule has 2 N–H and O–H groups in total. The van der Waals surface area contributed by atoms with Crippen LogP contribution in [0.1, 0.15) is 32.5 Å². The Labute approximate surface area is 114 Å². The standard InChI is InChI=1S/C11H15ClF3N3O/c1-3-4-10(2,19)6-16-8-5-7(12)17-9(18-8)11(13,14)15/h5,19H,3-4,6H2,1-2H3,(H,16,17,18). The SMILES string of the molecule is CCCC(C)(O)CNc1cc(Cl)nc(C(F)(F)F)n1. The number of hydrogen-bond acceptors (Lipinski definition) is 4. The first-order chi connectivity index (χ1) is 8.64. The number of rotatable bonds is 5. The van der Waals surface area contributed by atoms with Crippen molar-refractivity contribution in [3.05, 3.63) is 17.0 Å². The third-order valence-corrected chi connectivity index (χ3v) is 2.58. The van der Waals surface area contributed by atoms with Crippen LogP contribution in [0, 0.1) is 0 Å². The van der Waals surface area contributed by atoms with Crippen LogP contribution in [0.4, 0.5) is 19.0 Å². The Morgan fingerprint density at radius 2 is 2.00 bits per heavy atom. The molecular formula is C11H15ClF3N3O. The first-order valence-corrected chi connectivity index (χ1v) is 6.10. The molecule has 8 heteroatoms. The lowest BCUT2D eigenvalue weighted by molar-refractivity contribution is -0.144. The van der Waals surface area contributed by atoms with Crippen molar-refractivity contribution in [1.29, 1.82) is 0 Å². The minimum Gasteiger partial charge on any atom is -0.388 e. The summed E-state index contributed by atoms with van der Waals surface area (Å²) in [6.07, 6.45) is -3.38. The van der Waals surface area contributed by atoms with Gasteiger partial charge in [-0.25, -0.2) is 9.97 Å². The van der Waals surface area contributed by atoms with E-state index >= 15 is 0 Å². The first-order valence-electron chi connectivity index (χ1n) is 5.72. The Balaban J connectivity index is 2.82. The molecule has 19 heavy (non-hydrogen) atoms. The van der Waals surface area contributed by atoms with Crippen molar-refractivity contribution in [2.24, 2.45) is 0 Å². The minimum atomic E-state index is -4.66. The van der Waals surface area contributed by atoms with E-state index in [9.17, 15) is 18.3 Å². The van der Waals surface area contributed by atoms with Gasteiger partial charge in [-0.1, -0.05) is 24.9 Å². The smallest absolute Gasteiger partial charge is 0.388 e. The van der Waals surface area contributed by atoms with E-state index in [2.05, 4.69) is 15.3 Å². The highest BCUT2D eigenvalue weighted by atomic mass is 35.5. The molecule has 0 bridgehead atoms. The molecule has 0 radical (unpaired) electrons. The van der Waals surface area contributed by atoms with Gasteiger partial charge in [-0.2, -0.15) is 13.2 Å². The average molecular weight is 298 g/mol. The molecular weight excluding hydrogens is 283 g/mol. The van der Waals surface area contributed by atoms with E-state index in [-0.39, 0.29) is 17.5 Å². The van der Waals surface area contributed by atoms with Crippen molar-refractivity contribution in [3.8, 4) is 0 Å². The predicted octanol–water partition coefficient (Wildman–Crippen LogP) is 3.11. The molecule has 0 spiro atoms. The third-order valence-electron chi connectivity index (χ3n) is 2.39. The van der Waals surface area contributed by atoms with Gasteiger partial charge in [0.2, 0.25) is 5.82 Å². The van der Waals surface area contributed by atoms with Crippen molar-refractivity contribution < 1.29 is 18.3 Å². The fourth-order valence-electron chi connectivity index (χ4n) is 1.54. The summed E-state index contributed by atoms with van der Waals surface area (Å²) in [4.78, 5) is 6.44. The molecule has 0 saturated heterocycles. The van der Waals surface area contributed by atoms with Crippen molar-refractivity contribution in [2.45, 2.75) is 38.5 Å². The Morgan fingerprint density at radius 3 is 2.53 bits per heavy atom. The van der Waals surface area contributed by atoms with Crippen LogP contribution in [0.5, 0.6) is 0 Å². The lowest BCUT2D eigenvalue weighted by Crippen LogP contribution is -2.33. The summed E-state index contributed by atoms with van der Waals surface area (Å²) in [5.74, 6) is -1.37. The fraction of sp³-hybridized carbons (Fsp3) is 0.636. The summed E-state index contributed by atoms with van der Waals surface area (Å²) >= 11 is 5.51. The molecule has 0 aromatic carbocycles. The molecule has 0 aliphatic rings. The van der Waals surface area contributed by atoms with E-state index in [1.165, 1.54) is 6.07 Å². The Morgan fingerprint density at radius 1 is 1.37 bits per heavy atom. The number of anilines is 1. The summed E-state index contributed by atoms with van der Waals surface area (Å²) in [5, 5.41) is 12.2. The lowest BCUT2D eigenvalue weighted by Gasteiger charge is -2.23. The molecule has 1 atom stereocenters. The molecule has 0 amide bonds. The summed E-state index contributed by atoms with van der Waals surface area (Å²) in [5.41, 5.74) is -1.02. The first kappa shape index (κ1) is 16.0. The maximum absolute atomic E-state index is 12.5. The zero-order chi connectivity index (χ0) is 14.7. The van der Waals surface area contributed by atoms with Crippen LogP contribution >= 0.6 is 11.6 Å². The van der Waals surface area contributed by atoms with Crippen LogP contribution in [0.25, 0.3) is 0 Å². The number of aliphatic hydroxyl groups is 1.